The molecule has 8 nitrogen and oxygen atoms in total. The molecule has 0 bridgehead atoms. The lowest BCUT2D eigenvalue weighted by molar-refractivity contribution is 0.0697. The van der Waals surface area contributed by atoms with Crippen molar-refractivity contribution in [3.05, 3.63) is 81.2 Å². The molecule has 0 saturated heterocycles. The molecule has 0 aliphatic heterocycles. The molecule has 0 aliphatic rings. The number of carboxylic acid groups (broad SMARTS) is 1. The molecule has 0 saturated carbocycles. The van der Waals surface area contributed by atoms with Crippen molar-refractivity contribution in [3.63, 3.8) is 0 Å². The van der Waals surface area contributed by atoms with Crippen LogP contribution in [0.2, 0.25) is 5.02 Å². The minimum atomic E-state index is -1.00. The van der Waals surface area contributed by atoms with Crippen LogP contribution in [0.4, 0.5) is 5.69 Å². The second-order valence-corrected chi connectivity index (χ2v) is 5.96. The Hall–Kier alpha value is -3.65. The molecule has 3 aromatic rings. The van der Waals surface area contributed by atoms with Crippen LogP contribution in [0.25, 0.3) is 5.69 Å². The third kappa shape index (κ3) is 4.18. The maximum Gasteiger partial charge on any atom is 0.335 e. The number of hydrogen-bond donors (Lipinski definition) is 2. The molecule has 9 heteroatoms. The molecule has 0 aliphatic carbocycles. The summed E-state index contributed by atoms with van der Waals surface area (Å²) in [5.41, 5.74) is 3.80. The molecular formula is C19H15ClN4O4. The molecule has 2 aromatic carbocycles. The van der Waals surface area contributed by atoms with Crippen LogP contribution in [0.3, 0.4) is 0 Å². The quantitative estimate of drug-likeness (QED) is 0.488. The zero-order valence-electron chi connectivity index (χ0n) is 14.7. The number of carbonyl (C=O) groups is 1. The summed E-state index contributed by atoms with van der Waals surface area (Å²) in [6, 6.07) is 13.0. The van der Waals surface area contributed by atoms with Gasteiger partial charge < -0.3 is 9.84 Å². The fraction of sp³-hybridized carbons (Fsp3) is 0.0526. The van der Waals surface area contributed by atoms with E-state index in [-0.39, 0.29) is 16.3 Å². The van der Waals surface area contributed by atoms with Crippen LogP contribution in [0, 0.1) is 0 Å². The van der Waals surface area contributed by atoms with Crippen LogP contribution < -0.4 is 15.7 Å². The summed E-state index contributed by atoms with van der Waals surface area (Å²) in [6.07, 6.45) is 2.86. The zero-order chi connectivity index (χ0) is 20.1. The number of aromatic nitrogens is 2. The lowest BCUT2D eigenvalue weighted by atomic mass is 10.1. The predicted octanol–water partition coefficient (Wildman–Crippen LogP) is 3.04. The van der Waals surface area contributed by atoms with Crippen molar-refractivity contribution in [2.75, 3.05) is 12.5 Å². The first-order chi connectivity index (χ1) is 13.5. The van der Waals surface area contributed by atoms with Crippen LogP contribution in [-0.2, 0) is 0 Å². The predicted molar refractivity (Wildman–Crippen MR) is 106 cm³/mol. The van der Waals surface area contributed by atoms with Gasteiger partial charge in [-0.1, -0.05) is 23.7 Å². The number of aromatic carboxylic acids is 1. The van der Waals surface area contributed by atoms with Gasteiger partial charge in [0.25, 0.3) is 5.56 Å². The van der Waals surface area contributed by atoms with Gasteiger partial charge in [0, 0.05) is 0 Å². The lowest BCUT2D eigenvalue weighted by Crippen LogP contribution is -2.22. The second kappa shape index (κ2) is 8.36. The van der Waals surface area contributed by atoms with E-state index in [0.717, 1.165) is 0 Å². The lowest BCUT2D eigenvalue weighted by Gasteiger charge is -2.08. The first-order valence-electron chi connectivity index (χ1n) is 8.04. The minimum absolute atomic E-state index is 0.0656. The average Bonchev–Trinajstić information content (AvgIpc) is 2.72. The van der Waals surface area contributed by atoms with Crippen molar-refractivity contribution in [1.29, 1.82) is 0 Å². The van der Waals surface area contributed by atoms with E-state index in [1.54, 1.807) is 43.5 Å². The van der Waals surface area contributed by atoms with Crippen LogP contribution in [0.15, 0.2) is 64.6 Å². The molecule has 0 fully saturated rings. The van der Waals surface area contributed by atoms with Gasteiger partial charge in [-0.25, -0.2) is 4.79 Å². The standard InChI is InChI=1S/C19H15ClN4O4/c1-28-15-8-6-14(7-9-15)24-18(25)17(20)16(11-22-24)23-21-10-12-2-4-13(5-3-12)19(26)27/h2-11,23H,1H3,(H,26,27)/b21-10-. The Morgan fingerprint density at radius 1 is 1.21 bits per heavy atom. The van der Waals surface area contributed by atoms with E-state index in [4.69, 9.17) is 21.4 Å². The molecule has 0 atom stereocenters. The molecule has 3 rings (SSSR count). The Labute approximate surface area is 164 Å². The topological polar surface area (TPSA) is 106 Å². The SMILES string of the molecule is COc1ccc(-n2ncc(N/N=C\c3ccc(C(=O)O)cc3)c(Cl)c2=O)cc1. The van der Waals surface area contributed by atoms with Crippen LogP contribution in [-0.4, -0.2) is 34.2 Å². The van der Waals surface area contributed by atoms with Crippen molar-refractivity contribution in [1.82, 2.24) is 9.78 Å². The molecule has 0 radical (unpaired) electrons. The van der Waals surface area contributed by atoms with Crippen molar-refractivity contribution in [2.45, 2.75) is 0 Å². The maximum atomic E-state index is 12.5. The van der Waals surface area contributed by atoms with E-state index in [0.29, 0.717) is 17.0 Å². The fourth-order valence-electron chi connectivity index (χ4n) is 2.31. The molecule has 1 heterocycles. The fourth-order valence-corrected chi connectivity index (χ4v) is 2.48. The number of ether oxygens (including phenoxy) is 1. The van der Waals surface area contributed by atoms with E-state index in [2.05, 4.69) is 15.6 Å². The van der Waals surface area contributed by atoms with Crippen molar-refractivity contribution in [3.8, 4) is 11.4 Å². The molecule has 1 aromatic heterocycles. The molecule has 28 heavy (non-hydrogen) atoms. The number of benzene rings is 2. The van der Waals surface area contributed by atoms with Crippen LogP contribution >= 0.6 is 11.6 Å². The Morgan fingerprint density at radius 3 is 2.50 bits per heavy atom. The highest BCUT2D eigenvalue weighted by Gasteiger charge is 2.10. The normalized spacial score (nSPS) is 10.8. The summed E-state index contributed by atoms with van der Waals surface area (Å²) in [5.74, 6) is -0.344. The first kappa shape index (κ1) is 19.1. The van der Waals surface area contributed by atoms with Gasteiger partial charge in [-0.05, 0) is 42.0 Å². The summed E-state index contributed by atoms with van der Waals surface area (Å²) >= 11 is 6.14. The molecule has 0 spiro atoms. The minimum Gasteiger partial charge on any atom is -0.497 e. The Morgan fingerprint density at radius 2 is 1.89 bits per heavy atom. The second-order valence-electron chi connectivity index (χ2n) is 5.58. The molecule has 0 amide bonds. The van der Waals surface area contributed by atoms with Gasteiger partial charge in [0.2, 0.25) is 0 Å². The molecule has 2 N–H and O–H groups in total. The smallest absolute Gasteiger partial charge is 0.335 e. The first-order valence-corrected chi connectivity index (χ1v) is 8.42. The summed E-state index contributed by atoms with van der Waals surface area (Å²) in [4.78, 5) is 23.3. The van der Waals surface area contributed by atoms with Crippen LogP contribution in [0.5, 0.6) is 5.75 Å². The number of rotatable bonds is 6. The third-order valence-corrected chi connectivity index (χ3v) is 4.16. The molecule has 142 valence electrons. The summed E-state index contributed by atoms with van der Waals surface area (Å²) < 4.78 is 6.26. The van der Waals surface area contributed by atoms with Gasteiger partial charge in [0.15, 0.2) is 0 Å². The van der Waals surface area contributed by atoms with Gasteiger partial charge >= 0.3 is 5.97 Å². The van der Waals surface area contributed by atoms with Crippen molar-refractivity contribution < 1.29 is 14.6 Å². The van der Waals surface area contributed by atoms with Gasteiger partial charge in [-0.2, -0.15) is 14.9 Å². The highest BCUT2D eigenvalue weighted by Crippen LogP contribution is 2.18. The van der Waals surface area contributed by atoms with E-state index in [1.807, 2.05) is 0 Å². The zero-order valence-corrected chi connectivity index (χ0v) is 15.4. The van der Waals surface area contributed by atoms with E-state index in [9.17, 15) is 9.59 Å². The summed E-state index contributed by atoms with van der Waals surface area (Å²) in [6.45, 7) is 0. The number of hydrogen-bond acceptors (Lipinski definition) is 6. The van der Waals surface area contributed by atoms with Crippen molar-refractivity contribution in [2.24, 2.45) is 5.10 Å². The highest BCUT2D eigenvalue weighted by molar-refractivity contribution is 6.32. The Balaban J connectivity index is 1.77. The average molecular weight is 399 g/mol. The van der Waals surface area contributed by atoms with Gasteiger partial charge in [-0.3, -0.25) is 10.2 Å². The van der Waals surface area contributed by atoms with Gasteiger partial charge in [0.1, 0.15) is 16.5 Å². The Bertz CT molecular complexity index is 1080. The van der Waals surface area contributed by atoms with Crippen LogP contribution in [0.1, 0.15) is 15.9 Å². The third-order valence-electron chi connectivity index (χ3n) is 3.79. The number of nitrogens with zero attached hydrogens (tertiary/aromatic N) is 3. The number of carboxylic acids is 1. The number of hydrazone groups is 1. The number of methoxy groups -OCH3 is 1. The molecule has 0 unspecified atom stereocenters. The van der Waals surface area contributed by atoms with E-state index < -0.39 is 11.5 Å². The monoisotopic (exact) mass is 398 g/mol. The summed E-state index contributed by atoms with van der Waals surface area (Å²) in [5, 5.41) is 16.9. The van der Waals surface area contributed by atoms with Gasteiger partial charge in [-0.15, -0.1) is 0 Å². The van der Waals surface area contributed by atoms with Crippen molar-refractivity contribution >= 4 is 29.5 Å². The molecular weight excluding hydrogens is 384 g/mol. The number of anilines is 1. The largest absolute Gasteiger partial charge is 0.497 e. The number of nitrogens with one attached hydrogen (secondary N) is 1. The van der Waals surface area contributed by atoms with Gasteiger partial charge in [0.05, 0.1) is 30.8 Å². The Kier molecular flexibility index (Phi) is 5.71. The summed E-state index contributed by atoms with van der Waals surface area (Å²) in [7, 11) is 1.55. The highest BCUT2D eigenvalue weighted by atomic mass is 35.5. The number of halogens is 1. The van der Waals surface area contributed by atoms with E-state index >= 15 is 0 Å². The maximum absolute atomic E-state index is 12.5. The van der Waals surface area contributed by atoms with E-state index in [1.165, 1.54) is 29.2 Å².